The van der Waals surface area contributed by atoms with Crippen molar-refractivity contribution >= 4 is 6.47 Å². The zero-order valence-corrected chi connectivity index (χ0v) is 7.21. The van der Waals surface area contributed by atoms with Crippen molar-refractivity contribution in [2.24, 2.45) is 0 Å². The Morgan fingerprint density at radius 1 is 1.18 bits per heavy atom. The Kier molecular flexibility index (Phi) is 9.01. The Bertz CT molecular complexity index is 81.6. The first-order chi connectivity index (χ1) is 5.41. The van der Waals surface area contributed by atoms with Gasteiger partial charge in [-0.1, -0.05) is 32.6 Å². The average molecular weight is 157 g/mol. The van der Waals surface area contributed by atoms with E-state index in [0.29, 0.717) is 6.47 Å². The summed E-state index contributed by atoms with van der Waals surface area (Å²) in [5.74, 6) is 0. The second kappa shape index (κ2) is 9.47. The molecule has 0 aromatic carbocycles. The topological polar surface area (TPSA) is 26.3 Å². The maximum absolute atomic E-state index is 9.69. The SMILES string of the molecule is CCCCCCC[CH]OC=O. The van der Waals surface area contributed by atoms with Crippen LogP contribution in [0.3, 0.4) is 0 Å². The molecule has 0 saturated carbocycles. The summed E-state index contributed by atoms with van der Waals surface area (Å²) < 4.78 is 4.43. The lowest BCUT2D eigenvalue weighted by molar-refractivity contribution is -0.125. The summed E-state index contributed by atoms with van der Waals surface area (Å²) in [4.78, 5) is 9.69. The lowest BCUT2D eigenvalue weighted by Crippen LogP contribution is -1.84. The first kappa shape index (κ1) is 10.5. The normalized spacial score (nSPS) is 9.55. The van der Waals surface area contributed by atoms with E-state index in [9.17, 15) is 4.79 Å². The van der Waals surface area contributed by atoms with Crippen LogP contribution >= 0.6 is 0 Å². The molecule has 0 amide bonds. The summed E-state index contributed by atoms with van der Waals surface area (Å²) >= 11 is 0. The molecule has 0 heterocycles. The summed E-state index contributed by atoms with van der Waals surface area (Å²) in [7, 11) is 0. The van der Waals surface area contributed by atoms with E-state index in [1.54, 1.807) is 6.61 Å². The standard InChI is InChI=1S/C9H17O2/c1-2-3-4-5-6-7-8-11-9-10/h8-9H,2-7H2,1H3. The molecule has 1 radical (unpaired) electrons. The van der Waals surface area contributed by atoms with Crippen molar-refractivity contribution in [1.29, 1.82) is 0 Å². The van der Waals surface area contributed by atoms with Crippen molar-refractivity contribution in [3.63, 3.8) is 0 Å². The van der Waals surface area contributed by atoms with Gasteiger partial charge in [-0.15, -0.1) is 0 Å². The Balaban J connectivity index is 2.74. The molecule has 0 atom stereocenters. The van der Waals surface area contributed by atoms with Crippen molar-refractivity contribution in [2.75, 3.05) is 0 Å². The molecule has 0 saturated heterocycles. The van der Waals surface area contributed by atoms with Gasteiger partial charge in [0.25, 0.3) is 6.47 Å². The molecule has 11 heavy (non-hydrogen) atoms. The van der Waals surface area contributed by atoms with Crippen LogP contribution < -0.4 is 0 Å². The van der Waals surface area contributed by atoms with Crippen LogP contribution in [0.25, 0.3) is 0 Å². The van der Waals surface area contributed by atoms with Gasteiger partial charge in [-0.2, -0.15) is 0 Å². The average Bonchev–Trinajstić information content (AvgIpc) is 2.03. The van der Waals surface area contributed by atoms with Crippen LogP contribution in [0.1, 0.15) is 45.4 Å². The predicted molar refractivity (Wildman–Crippen MR) is 44.8 cm³/mol. The number of hydrogen-bond donors (Lipinski definition) is 0. The van der Waals surface area contributed by atoms with Crippen LogP contribution in [-0.4, -0.2) is 6.47 Å². The van der Waals surface area contributed by atoms with E-state index < -0.39 is 0 Å². The maximum atomic E-state index is 9.69. The highest BCUT2D eigenvalue weighted by atomic mass is 16.5. The van der Waals surface area contributed by atoms with Crippen LogP contribution in [0.4, 0.5) is 0 Å². The van der Waals surface area contributed by atoms with Crippen molar-refractivity contribution < 1.29 is 9.53 Å². The highest BCUT2D eigenvalue weighted by Crippen LogP contribution is 2.05. The number of ether oxygens (including phenoxy) is 1. The minimum absolute atomic E-state index is 0.464. The second-order valence-electron chi connectivity index (χ2n) is 2.60. The highest BCUT2D eigenvalue weighted by molar-refractivity contribution is 5.37. The van der Waals surface area contributed by atoms with Gasteiger partial charge in [0.05, 0.1) is 0 Å². The van der Waals surface area contributed by atoms with Crippen LogP contribution in [0.5, 0.6) is 0 Å². The first-order valence-electron chi connectivity index (χ1n) is 4.32. The number of unbranched alkanes of at least 4 members (excludes halogenated alkanes) is 5. The Hall–Kier alpha value is -0.530. The molecule has 0 spiro atoms. The molecule has 0 unspecified atom stereocenters. The third kappa shape index (κ3) is 9.47. The zero-order chi connectivity index (χ0) is 8.36. The van der Waals surface area contributed by atoms with Gasteiger partial charge in [0.15, 0.2) is 0 Å². The third-order valence-electron chi connectivity index (χ3n) is 1.58. The lowest BCUT2D eigenvalue weighted by atomic mass is 10.1. The van der Waals surface area contributed by atoms with Crippen molar-refractivity contribution in [2.45, 2.75) is 45.4 Å². The van der Waals surface area contributed by atoms with Gasteiger partial charge in [0.1, 0.15) is 6.61 Å². The molecular weight excluding hydrogens is 140 g/mol. The van der Waals surface area contributed by atoms with Crippen molar-refractivity contribution in [1.82, 2.24) is 0 Å². The predicted octanol–water partition coefficient (Wildman–Crippen LogP) is 2.68. The van der Waals surface area contributed by atoms with Gasteiger partial charge in [-0.25, -0.2) is 0 Å². The van der Waals surface area contributed by atoms with E-state index in [2.05, 4.69) is 11.7 Å². The number of hydrogen-bond acceptors (Lipinski definition) is 2. The van der Waals surface area contributed by atoms with Crippen molar-refractivity contribution in [3.8, 4) is 0 Å². The van der Waals surface area contributed by atoms with E-state index in [1.807, 2.05) is 0 Å². The number of carbonyl (C=O) groups excluding carboxylic acids is 1. The van der Waals surface area contributed by atoms with Crippen LogP contribution in [0.2, 0.25) is 0 Å². The molecule has 0 aliphatic carbocycles. The summed E-state index contributed by atoms with van der Waals surface area (Å²) in [5, 5.41) is 0. The maximum Gasteiger partial charge on any atom is 0.293 e. The fraction of sp³-hybridized carbons (Fsp3) is 0.778. The van der Waals surface area contributed by atoms with E-state index in [0.717, 1.165) is 12.8 Å². The summed E-state index contributed by atoms with van der Waals surface area (Å²) in [6.07, 6.45) is 7.15. The number of rotatable bonds is 8. The smallest absolute Gasteiger partial charge is 0.293 e. The molecule has 0 fully saturated rings. The van der Waals surface area contributed by atoms with Gasteiger partial charge in [0.2, 0.25) is 0 Å². The molecule has 2 nitrogen and oxygen atoms in total. The molecule has 0 bridgehead atoms. The minimum atomic E-state index is 0.464. The Labute approximate surface area is 68.9 Å². The Morgan fingerprint density at radius 2 is 1.91 bits per heavy atom. The fourth-order valence-corrected chi connectivity index (χ4v) is 0.939. The summed E-state index contributed by atoms with van der Waals surface area (Å²) in [6, 6.07) is 0. The van der Waals surface area contributed by atoms with Crippen LogP contribution in [-0.2, 0) is 9.53 Å². The quantitative estimate of drug-likeness (QED) is 0.400. The van der Waals surface area contributed by atoms with Gasteiger partial charge in [0, 0.05) is 0 Å². The molecule has 0 N–H and O–H groups in total. The molecule has 2 heteroatoms. The molecule has 0 aromatic rings. The van der Waals surface area contributed by atoms with Gasteiger partial charge in [-0.3, -0.25) is 4.79 Å². The van der Waals surface area contributed by atoms with E-state index in [-0.39, 0.29) is 0 Å². The first-order valence-corrected chi connectivity index (χ1v) is 4.32. The molecule has 0 aliphatic rings. The van der Waals surface area contributed by atoms with Gasteiger partial charge < -0.3 is 4.74 Å². The van der Waals surface area contributed by atoms with E-state index in [1.165, 1.54) is 25.7 Å². The monoisotopic (exact) mass is 157 g/mol. The minimum Gasteiger partial charge on any atom is -0.461 e. The zero-order valence-electron chi connectivity index (χ0n) is 7.21. The van der Waals surface area contributed by atoms with Gasteiger partial charge >= 0.3 is 0 Å². The number of carbonyl (C=O) groups is 1. The molecule has 0 rings (SSSR count). The largest absolute Gasteiger partial charge is 0.461 e. The second-order valence-corrected chi connectivity index (χ2v) is 2.60. The van der Waals surface area contributed by atoms with E-state index >= 15 is 0 Å². The van der Waals surface area contributed by atoms with E-state index in [4.69, 9.17) is 0 Å². The molecule has 0 aromatic heterocycles. The summed E-state index contributed by atoms with van der Waals surface area (Å²) in [6.45, 7) is 4.23. The fourth-order valence-electron chi connectivity index (χ4n) is 0.939. The molecule has 65 valence electrons. The molecular formula is C9H17O2. The molecule has 0 aliphatic heterocycles. The Morgan fingerprint density at radius 3 is 2.55 bits per heavy atom. The summed E-state index contributed by atoms with van der Waals surface area (Å²) in [5.41, 5.74) is 0. The highest BCUT2D eigenvalue weighted by Gasteiger charge is 1.89. The van der Waals surface area contributed by atoms with Gasteiger partial charge in [-0.05, 0) is 12.8 Å². The van der Waals surface area contributed by atoms with Crippen molar-refractivity contribution in [3.05, 3.63) is 6.61 Å². The lowest BCUT2D eigenvalue weighted by Gasteiger charge is -1.97. The van der Waals surface area contributed by atoms with Crippen LogP contribution in [0.15, 0.2) is 0 Å². The van der Waals surface area contributed by atoms with Crippen LogP contribution in [0, 0.1) is 6.61 Å². The third-order valence-corrected chi connectivity index (χ3v) is 1.58.